The molecule has 0 saturated carbocycles. The molecule has 1 aromatic carbocycles. The molecule has 2 heteroatoms. The standard InChI is InChI=1S/C11H16FN/c1-11(2,3)10(13)8-6-4-5-7-9(8)12/h4-7,10H,13H2,1-3H3/t10-/m0/s1. The first-order valence-corrected chi connectivity index (χ1v) is 4.43. The van der Waals surface area contributed by atoms with Gasteiger partial charge in [-0.1, -0.05) is 39.0 Å². The van der Waals surface area contributed by atoms with E-state index in [0.29, 0.717) is 5.56 Å². The molecule has 1 atom stereocenters. The molecule has 0 fully saturated rings. The van der Waals surface area contributed by atoms with Crippen LogP contribution in [0.1, 0.15) is 32.4 Å². The molecule has 0 radical (unpaired) electrons. The summed E-state index contributed by atoms with van der Waals surface area (Å²) in [7, 11) is 0. The fourth-order valence-corrected chi connectivity index (χ4v) is 1.19. The van der Waals surface area contributed by atoms with E-state index >= 15 is 0 Å². The lowest BCUT2D eigenvalue weighted by molar-refractivity contribution is 0.319. The molecule has 0 spiro atoms. The molecule has 13 heavy (non-hydrogen) atoms. The maximum absolute atomic E-state index is 13.3. The minimum atomic E-state index is -0.256. The Kier molecular flexibility index (Phi) is 2.71. The van der Waals surface area contributed by atoms with Crippen molar-refractivity contribution in [2.24, 2.45) is 11.1 Å². The summed E-state index contributed by atoms with van der Waals surface area (Å²) in [5, 5.41) is 0. The lowest BCUT2D eigenvalue weighted by Crippen LogP contribution is -2.27. The van der Waals surface area contributed by atoms with Crippen LogP contribution in [-0.2, 0) is 0 Å². The summed E-state index contributed by atoms with van der Waals surface area (Å²) in [5.41, 5.74) is 6.42. The second kappa shape index (κ2) is 3.46. The van der Waals surface area contributed by atoms with Gasteiger partial charge in [0.05, 0.1) is 0 Å². The molecule has 1 aromatic rings. The van der Waals surface area contributed by atoms with Crippen molar-refractivity contribution >= 4 is 0 Å². The fourth-order valence-electron chi connectivity index (χ4n) is 1.19. The van der Waals surface area contributed by atoms with Crippen LogP contribution in [0.15, 0.2) is 24.3 Å². The quantitative estimate of drug-likeness (QED) is 0.708. The van der Waals surface area contributed by atoms with E-state index in [1.54, 1.807) is 12.1 Å². The summed E-state index contributed by atoms with van der Waals surface area (Å²) in [4.78, 5) is 0. The predicted molar refractivity (Wildman–Crippen MR) is 52.8 cm³/mol. The highest BCUT2D eigenvalue weighted by molar-refractivity contribution is 5.22. The third-order valence-electron chi connectivity index (χ3n) is 2.17. The molecular formula is C11H16FN. The average Bonchev–Trinajstić information content (AvgIpc) is 2.02. The second-order valence-electron chi connectivity index (χ2n) is 4.37. The summed E-state index contributed by atoms with van der Waals surface area (Å²) < 4.78 is 13.3. The number of halogens is 1. The topological polar surface area (TPSA) is 26.0 Å². The van der Waals surface area contributed by atoms with E-state index < -0.39 is 0 Å². The lowest BCUT2D eigenvalue weighted by atomic mass is 9.83. The highest BCUT2D eigenvalue weighted by Crippen LogP contribution is 2.31. The van der Waals surface area contributed by atoms with E-state index in [9.17, 15) is 4.39 Å². The zero-order valence-electron chi connectivity index (χ0n) is 8.34. The van der Waals surface area contributed by atoms with Gasteiger partial charge in [0.1, 0.15) is 5.82 Å². The van der Waals surface area contributed by atoms with Gasteiger partial charge in [-0.15, -0.1) is 0 Å². The van der Waals surface area contributed by atoms with Crippen molar-refractivity contribution in [3.8, 4) is 0 Å². The molecule has 72 valence electrons. The number of hydrogen-bond acceptors (Lipinski definition) is 1. The largest absolute Gasteiger partial charge is 0.323 e. The summed E-state index contributed by atoms with van der Waals surface area (Å²) in [6, 6.07) is 6.42. The minimum Gasteiger partial charge on any atom is -0.323 e. The van der Waals surface area contributed by atoms with Crippen molar-refractivity contribution in [2.75, 3.05) is 0 Å². The van der Waals surface area contributed by atoms with E-state index in [-0.39, 0.29) is 17.3 Å². The number of benzene rings is 1. The van der Waals surface area contributed by atoms with Gasteiger partial charge in [0, 0.05) is 11.6 Å². The van der Waals surface area contributed by atoms with Gasteiger partial charge in [0.25, 0.3) is 0 Å². The van der Waals surface area contributed by atoms with Crippen LogP contribution in [0.4, 0.5) is 4.39 Å². The summed E-state index contributed by atoms with van der Waals surface area (Å²) in [6.07, 6.45) is 0. The van der Waals surface area contributed by atoms with E-state index in [1.165, 1.54) is 6.07 Å². The zero-order valence-corrected chi connectivity index (χ0v) is 8.34. The van der Waals surface area contributed by atoms with Gasteiger partial charge in [-0.25, -0.2) is 4.39 Å². The molecule has 0 unspecified atom stereocenters. The van der Waals surface area contributed by atoms with Crippen LogP contribution in [0, 0.1) is 11.2 Å². The van der Waals surface area contributed by atoms with Crippen molar-refractivity contribution in [3.05, 3.63) is 35.6 Å². The van der Waals surface area contributed by atoms with Gasteiger partial charge < -0.3 is 5.73 Å². The number of hydrogen-bond donors (Lipinski definition) is 1. The maximum Gasteiger partial charge on any atom is 0.127 e. The van der Waals surface area contributed by atoms with Crippen molar-refractivity contribution in [1.82, 2.24) is 0 Å². The maximum atomic E-state index is 13.3. The van der Waals surface area contributed by atoms with Crippen LogP contribution >= 0.6 is 0 Å². The Labute approximate surface area is 78.8 Å². The smallest absolute Gasteiger partial charge is 0.127 e. The molecule has 1 nitrogen and oxygen atoms in total. The Morgan fingerprint density at radius 2 is 1.77 bits per heavy atom. The van der Waals surface area contributed by atoms with Crippen LogP contribution < -0.4 is 5.73 Å². The van der Waals surface area contributed by atoms with E-state index in [1.807, 2.05) is 26.8 Å². The first kappa shape index (κ1) is 10.2. The van der Waals surface area contributed by atoms with Crippen LogP contribution in [-0.4, -0.2) is 0 Å². The average molecular weight is 181 g/mol. The van der Waals surface area contributed by atoms with Gasteiger partial charge in [-0.05, 0) is 11.5 Å². The first-order valence-electron chi connectivity index (χ1n) is 4.43. The molecule has 2 N–H and O–H groups in total. The Bertz CT molecular complexity index is 288. The molecule has 0 bridgehead atoms. The Morgan fingerprint density at radius 1 is 1.23 bits per heavy atom. The molecule has 0 saturated heterocycles. The van der Waals surface area contributed by atoms with Gasteiger partial charge in [0.2, 0.25) is 0 Å². The highest BCUT2D eigenvalue weighted by Gasteiger charge is 2.24. The van der Waals surface area contributed by atoms with Gasteiger partial charge >= 0.3 is 0 Å². The number of rotatable bonds is 1. The van der Waals surface area contributed by atoms with Gasteiger partial charge in [-0.3, -0.25) is 0 Å². The van der Waals surface area contributed by atoms with E-state index in [0.717, 1.165) is 0 Å². The molecular weight excluding hydrogens is 165 g/mol. The van der Waals surface area contributed by atoms with Crippen molar-refractivity contribution in [2.45, 2.75) is 26.8 Å². The molecule has 0 aromatic heterocycles. The second-order valence-corrected chi connectivity index (χ2v) is 4.37. The molecule has 0 aliphatic rings. The van der Waals surface area contributed by atoms with Crippen molar-refractivity contribution in [1.29, 1.82) is 0 Å². The van der Waals surface area contributed by atoms with Crippen LogP contribution in [0.2, 0.25) is 0 Å². The molecule has 0 heterocycles. The third kappa shape index (κ3) is 2.28. The van der Waals surface area contributed by atoms with Crippen LogP contribution in [0.3, 0.4) is 0 Å². The summed E-state index contributed by atoms with van der Waals surface area (Å²) >= 11 is 0. The molecule has 0 amide bonds. The Morgan fingerprint density at radius 3 is 2.23 bits per heavy atom. The summed E-state index contributed by atoms with van der Waals surface area (Å²) in [5.74, 6) is -0.218. The third-order valence-corrected chi connectivity index (χ3v) is 2.17. The Balaban J connectivity index is 3.02. The fraction of sp³-hybridized carbons (Fsp3) is 0.455. The molecule has 0 aliphatic carbocycles. The minimum absolute atomic E-state index is 0.109. The summed E-state index contributed by atoms with van der Waals surface area (Å²) in [6.45, 7) is 6.01. The normalized spacial score (nSPS) is 14.2. The highest BCUT2D eigenvalue weighted by atomic mass is 19.1. The number of nitrogens with two attached hydrogens (primary N) is 1. The molecule has 0 aliphatic heterocycles. The van der Waals surface area contributed by atoms with Crippen LogP contribution in [0.25, 0.3) is 0 Å². The van der Waals surface area contributed by atoms with Crippen LogP contribution in [0.5, 0.6) is 0 Å². The SMILES string of the molecule is CC(C)(C)[C@@H](N)c1ccccc1F. The van der Waals surface area contributed by atoms with Gasteiger partial charge in [0.15, 0.2) is 0 Å². The van der Waals surface area contributed by atoms with E-state index in [2.05, 4.69) is 0 Å². The van der Waals surface area contributed by atoms with Crippen molar-refractivity contribution < 1.29 is 4.39 Å². The van der Waals surface area contributed by atoms with Gasteiger partial charge in [-0.2, -0.15) is 0 Å². The van der Waals surface area contributed by atoms with Crippen molar-refractivity contribution in [3.63, 3.8) is 0 Å². The predicted octanol–water partition coefficient (Wildman–Crippen LogP) is 2.87. The zero-order chi connectivity index (χ0) is 10.1. The lowest BCUT2D eigenvalue weighted by Gasteiger charge is -2.27. The monoisotopic (exact) mass is 181 g/mol. The Hall–Kier alpha value is -0.890. The van der Waals surface area contributed by atoms with E-state index in [4.69, 9.17) is 5.73 Å². The first-order chi connectivity index (χ1) is 5.93. The molecule has 1 rings (SSSR count).